The van der Waals surface area contributed by atoms with E-state index >= 15 is 0 Å². The molecule has 0 aliphatic heterocycles. The van der Waals surface area contributed by atoms with Crippen molar-refractivity contribution in [1.29, 1.82) is 0 Å². The van der Waals surface area contributed by atoms with Crippen molar-refractivity contribution >= 4 is 6.09 Å². The van der Waals surface area contributed by atoms with Gasteiger partial charge in [0.05, 0.1) is 0 Å². The summed E-state index contributed by atoms with van der Waals surface area (Å²) in [4.78, 5) is 11.1. The van der Waals surface area contributed by atoms with Crippen molar-refractivity contribution in [3.05, 3.63) is 0 Å². The number of amides is 1. The summed E-state index contributed by atoms with van der Waals surface area (Å²) in [5, 5.41) is 9.90. The third kappa shape index (κ3) is 6.80. The summed E-state index contributed by atoms with van der Waals surface area (Å²) < 4.78 is 0. The van der Waals surface area contributed by atoms with Crippen LogP contribution in [-0.2, 0) is 0 Å². The largest absolute Gasteiger partial charge is 1.00 e. The summed E-state index contributed by atoms with van der Waals surface area (Å²) in [6, 6.07) is 0. The van der Waals surface area contributed by atoms with E-state index in [1.54, 1.807) is 0 Å². The fourth-order valence-electron chi connectivity index (χ4n) is 0.427. The molecular weight excluding hydrogens is 145 g/mol. The van der Waals surface area contributed by atoms with Crippen LogP contribution in [0.1, 0.15) is 13.3 Å². The van der Waals surface area contributed by atoms with E-state index in [9.17, 15) is 9.90 Å². The van der Waals surface area contributed by atoms with Gasteiger partial charge in [-0.1, -0.05) is 6.92 Å². The van der Waals surface area contributed by atoms with Gasteiger partial charge in [0.1, 0.15) is 6.09 Å². The molecule has 0 aromatic carbocycles. The van der Waals surface area contributed by atoms with Crippen LogP contribution in [0.2, 0.25) is 0 Å². The van der Waals surface area contributed by atoms with Crippen LogP contribution in [0.5, 0.6) is 0 Å². The molecule has 1 amide bonds. The second kappa shape index (κ2) is 7.02. The van der Waals surface area contributed by atoms with Gasteiger partial charge >= 0.3 is 51.4 Å². The Bertz CT molecular complexity index is 87.0. The van der Waals surface area contributed by atoms with Crippen LogP contribution in [-0.4, -0.2) is 24.6 Å². The molecule has 0 heterocycles. The predicted molar refractivity (Wildman–Crippen MR) is 28.3 cm³/mol. The topological polar surface area (TPSA) is 43.4 Å². The number of carbonyl (C=O) groups excluding carboxylic acids is 1. The molecule has 0 bridgehead atoms. The molecule has 9 heavy (non-hydrogen) atoms. The Labute approximate surface area is 97.8 Å². The first-order valence-electron chi connectivity index (χ1n) is 2.60. The summed E-state index contributed by atoms with van der Waals surface area (Å²) in [7, 11) is 1.50. The van der Waals surface area contributed by atoms with E-state index in [-0.39, 0.29) is 51.4 Å². The number of carbonyl (C=O) groups is 1. The summed E-state index contributed by atoms with van der Waals surface area (Å²) >= 11 is 0. The van der Waals surface area contributed by atoms with Gasteiger partial charge in [-0.05, 0) is 6.42 Å². The van der Waals surface area contributed by atoms with Crippen LogP contribution in [0.4, 0.5) is 4.79 Å². The SMILES string of the molecule is CCCN(C)C(=O)[O-].[K+]. The van der Waals surface area contributed by atoms with Crippen molar-refractivity contribution in [2.24, 2.45) is 0 Å². The van der Waals surface area contributed by atoms with Gasteiger partial charge in [-0.15, -0.1) is 0 Å². The molecule has 0 aromatic heterocycles. The maximum absolute atomic E-state index is 9.90. The zero-order valence-corrected chi connectivity index (χ0v) is 9.30. The molecule has 0 N–H and O–H groups in total. The molecule has 4 heteroatoms. The van der Waals surface area contributed by atoms with Gasteiger partial charge in [0, 0.05) is 13.6 Å². The zero-order chi connectivity index (χ0) is 6.57. The average molecular weight is 155 g/mol. The van der Waals surface area contributed by atoms with Gasteiger partial charge in [0.2, 0.25) is 0 Å². The quantitative estimate of drug-likeness (QED) is 0.392. The number of hydrogen-bond acceptors (Lipinski definition) is 2. The average Bonchev–Trinajstić information content (AvgIpc) is 1.67. The van der Waals surface area contributed by atoms with E-state index < -0.39 is 6.09 Å². The van der Waals surface area contributed by atoms with E-state index in [1.165, 1.54) is 7.05 Å². The zero-order valence-electron chi connectivity index (χ0n) is 6.18. The maximum Gasteiger partial charge on any atom is 1.00 e. The monoisotopic (exact) mass is 155 g/mol. The van der Waals surface area contributed by atoms with Crippen molar-refractivity contribution in [2.75, 3.05) is 13.6 Å². The molecule has 0 fully saturated rings. The predicted octanol–water partition coefficient (Wildman–Crippen LogP) is -3.32. The minimum absolute atomic E-state index is 0. The fraction of sp³-hybridized carbons (Fsp3) is 0.800. The molecule has 48 valence electrons. The van der Waals surface area contributed by atoms with E-state index in [0.29, 0.717) is 6.54 Å². The van der Waals surface area contributed by atoms with Crippen molar-refractivity contribution in [1.82, 2.24) is 4.90 Å². The third-order valence-corrected chi connectivity index (χ3v) is 0.871. The second-order valence-corrected chi connectivity index (χ2v) is 1.69. The summed E-state index contributed by atoms with van der Waals surface area (Å²) in [6.45, 7) is 2.47. The maximum atomic E-state index is 9.90. The first-order valence-corrected chi connectivity index (χ1v) is 2.60. The first-order chi connectivity index (χ1) is 3.68. The van der Waals surface area contributed by atoms with E-state index in [1.807, 2.05) is 6.92 Å². The van der Waals surface area contributed by atoms with Crippen LogP contribution in [0.25, 0.3) is 0 Å². The number of nitrogens with zero attached hydrogens (tertiary/aromatic N) is 1. The standard InChI is InChI=1S/C5H11NO2.K/c1-3-4-6(2)5(7)8;/h3-4H2,1-2H3,(H,7,8);/q;+1/p-1. The minimum Gasteiger partial charge on any atom is -0.530 e. The van der Waals surface area contributed by atoms with Gasteiger partial charge in [0.15, 0.2) is 0 Å². The van der Waals surface area contributed by atoms with Crippen LogP contribution in [0.3, 0.4) is 0 Å². The molecule has 0 unspecified atom stereocenters. The third-order valence-electron chi connectivity index (χ3n) is 0.871. The number of rotatable bonds is 2. The number of carboxylic acid groups (broad SMARTS) is 1. The van der Waals surface area contributed by atoms with Crippen LogP contribution >= 0.6 is 0 Å². The molecule has 0 aliphatic rings. The van der Waals surface area contributed by atoms with Gasteiger partial charge in [-0.2, -0.15) is 0 Å². The Kier molecular flexibility index (Phi) is 9.80. The van der Waals surface area contributed by atoms with Crippen molar-refractivity contribution in [2.45, 2.75) is 13.3 Å². The summed E-state index contributed by atoms with van der Waals surface area (Å²) in [5.41, 5.74) is 0. The number of hydrogen-bond donors (Lipinski definition) is 0. The summed E-state index contributed by atoms with van der Waals surface area (Å²) in [5.74, 6) is 0. The second-order valence-electron chi connectivity index (χ2n) is 1.69. The molecule has 0 saturated heterocycles. The Morgan fingerprint density at radius 2 is 2.11 bits per heavy atom. The molecule has 0 radical (unpaired) electrons. The van der Waals surface area contributed by atoms with Crippen molar-refractivity contribution in [3.63, 3.8) is 0 Å². The Hall–Kier alpha value is 0.906. The molecule has 0 saturated carbocycles. The Morgan fingerprint density at radius 3 is 2.22 bits per heavy atom. The first kappa shape index (κ1) is 12.6. The molecular formula is C5H10KNO2. The van der Waals surface area contributed by atoms with E-state index in [0.717, 1.165) is 11.3 Å². The van der Waals surface area contributed by atoms with Crippen LogP contribution in [0.15, 0.2) is 0 Å². The van der Waals surface area contributed by atoms with Gasteiger partial charge in [-0.3, -0.25) is 0 Å². The molecule has 3 nitrogen and oxygen atoms in total. The van der Waals surface area contributed by atoms with Crippen LogP contribution in [0, 0.1) is 0 Å². The molecule has 0 aliphatic carbocycles. The Balaban J connectivity index is 0. The van der Waals surface area contributed by atoms with Gasteiger partial charge < -0.3 is 14.8 Å². The molecule has 0 spiro atoms. The minimum atomic E-state index is -1.10. The van der Waals surface area contributed by atoms with Crippen LogP contribution < -0.4 is 56.5 Å². The fourth-order valence-corrected chi connectivity index (χ4v) is 0.427. The summed E-state index contributed by atoms with van der Waals surface area (Å²) in [6.07, 6.45) is -0.267. The van der Waals surface area contributed by atoms with Gasteiger partial charge in [0.25, 0.3) is 0 Å². The normalized spacial score (nSPS) is 7.78. The van der Waals surface area contributed by atoms with E-state index in [4.69, 9.17) is 0 Å². The van der Waals surface area contributed by atoms with E-state index in [2.05, 4.69) is 0 Å². The molecule has 0 aromatic rings. The molecule has 0 atom stereocenters. The van der Waals surface area contributed by atoms with Gasteiger partial charge in [-0.25, -0.2) is 0 Å². The molecule has 0 rings (SSSR count). The smallest absolute Gasteiger partial charge is 0.530 e. The van der Waals surface area contributed by atoms with Crippen molar-refractivity contribution < 1.29 is 61.3 Å². The van der Waals surface area contributed by atoms with Crippen molar-refractivity contribution in [3.8, 4) is 0 Å². The Morgan fingerprint density at radius 1 is 1.67 bits per heavy atom.